The Morgan fingerprint density at radius 1 is 1.50 bits per heavy atom. The molecule has 0 aromatic carbocycles. The topological polar surface area (TPSA) is 49.1 Å². The monoisotopic (exact) mass is 196 g/mol. The van der Waals surface area contributed by atoms with Gasteiger partial charge in [-0.25, -0.2) is 4.98 Å². The van der Waals surface area contributed by atoms with E-state index in [1.807, 2.05) is 0 Å². The van der Waals surface area contributed by atoms with Crippen molar-refractivity contribution in [1.29, 1.82) is 0 Å². The summed E-state index contributed by atoms with van der Waals surface area (Å²) in [7, 11) is 0. The average molecular weight is 196 g/mol. The molecule has 0 radical (unpaired) electrons. The van der Waals surface area contributed by atoms with Crippen molar-refractivity contribution in [2.24, 2.45) is 0 Å². The third kappa shape index (κ3) is 2.87. The third-order valence-electron chi connectivity index (χ3n) is 2.02. The highest BCUT2D eigenvalue weighted by Gasteiger charge is 2.08. The molecule has 0 N–H and O–H groups in total. The van der Waals surface area contributed by atoms with Crippen LogP contribution in [0.15, 0.2) is 12.4 Å². The molecule has 0 aliphatic rings. The predicted octanol–water partition coefficient (Wildman–Crippen LogP) is 1.59. The van der Waals surface area contributed by atoms with Crippen molar-refractivity contribution in [2.75, 3.05) is 6.61 Å². The molecule has 0 amide bonds. The van der Waals surface area contributed by atoms with Crippen LogP contribution in [-0.2, 0) is 0 Å². The minimum absolute atomic E-state index is 0.443. The number of aromatic nitrogens is 2. The molecular formula is C10H16N2O2. The van der Waals surface area contributed by atoms with E-state index in [2.05, 4.69) is 11.9 Å². The molecule has 0 aliphatic carbocycles. The number of hydrogen-bond donors (Lipinski definition) is 0. The lowest BCUT2D eigenvalue weighted by Gasteiger charge is -2.06. The molecule has 0 atom stereocenters. The van der Waals surface area contributed by atoms with Crippen molar-refractivity contribution in [2.45, 2.75) is 33.1 Å². The molecule has 1 aromatic rings. The van der Waals surface area contributed by atoms with Gasteiger partial charge in [-0.3, -0.25) is 0 Å². The lowest BCUT2D eigenvalue weighted by molar-refractivity contribution is -0.613. The van der Waals surface area contributed by atoms with Crippen LogP contribution in [-0.4, -0.2) is 11.6 Å². The van der Waals surface area contributed by atoms with Gasteiger partial charge < -0.3 is 9.94 Å². The minimum atomic E-state index is 0.443. The smallest absolute Gasteiger partial charge is 0.284 e. The average Bonchev–Trinajstić information content (AvgIpc) is 2.19. The summed E-state index contributed by atoms with van der Waals surface area (Å²) in [6.07, 6.45) is 6.13. The number of ether oxygens (including phenoxy) is 1. The fraction of sp³-hybridized carbons (Fsp3) is 0.600. The maximum absolute atomic E-state index is 11.1. The second-order valence-corrected chi connectivity index (χ2v) is 3.20. The van der Waals surface area contributed by atoms with E-state index in [9.17, 15) is 5.21 Å². The Labute approximate surface area is 84.1 Å². The van der Waals surface area contributed by atoms with Gasteiger partial charge in [-0.1, -0.05) is 19.8 Å². The van der Waals surface area contributed by atoms with E-state index in [1.54, 1.807) is 6.92 Å². The second-order valence-electron chi connectivity index (χ2n) is 3.20. The molecule has 14 heavy (non-hydrogen) atoms. The summed E-state index contributed by atoms with van der Waals surface area (Å²) in [5.74, 6) is 0.443. The van der Waals surface area contributed by atoms with Crippen LogP contribution in [0.25, 0.3) is 0 Å². The van der Waals surface area contributed by atoms with Crippen LogP contribution in [0, 0.1) is 12.1 Å². The Hall–Kier alpha value is -1.32. The number of nitrogens with zero attached hydrogens (tertiary/aromatic N) is 2. The molecule has 0 saturated heterocycles. The van der Waals surface area contributed by atoms with Gasteiger partial charge in [0.15, 0.2) is 6.20 Å². The molecular weight excluding hydrogens is 180 g/mol. The van der Waals surface area contributed by atoms with Gasteiger partial charge in [-0.15, -0.1) is 0 Å². The van der Waals surface area contributed by atoms with E-state index in [4.69, 9.17) is 4.74 Å². The molecule has 1 aromatic heterocycles. The molecule has 1 heterocycles. The van der Waals surface area contributed by atoms with E-state index in [0.717, 1.165) is 24.0 Å². The highest BCUT2D eigenvalue weighted by Crippen LogP contribution is 2.08. The quantitative estimate of drug-likeness (QED) is 0.408. The zero-order valence-electron chi connectivity index (χ0n) is 8.69. The van der Waals surface area contributed by atoms with Gasteiger partial charge in [-0.05, 0) is 6.42 Å². The standard InChI is InChI=1S/C10H16N2O2/c1-3-4-5-8-14-10-9(2)12(13)7-6-11-10/h6-7H,3-5,8H2,1-2H3. The molecule has 4 nitrogen and oxygen atoms in total. The van der Waals surface area contributed by atoms with E-state index in [-0.39, 0.29) is 0 Å². The molecule has 4 heteroatoms. The number of unbranched alkanes of at least 4 members (excludes halogenated alkanes) is 2. The van der Waals surface area contributed by atoms with Crippen LogP contribution < -0.4 is 9.47 Å². The minimum Gasteiger partial charge on any atom is -0.618 e. The Morgan fingerprint density at radius 3 is 3.00 bits per heavy atom. The van der Waals surface area contributed by atoms with Crippen LogP contribution in [0.2, 0.25) is 0 Å². The zero-order valence-corrected chi connectivity index (χ0v) is 8.69. The molecule has 78 valence electrons. The van der Waals surface area contributed by atoms with Gasteiger partial charge in [0.1, 0.15) is 0 Å². The maximum atomic E-state index is 11.1. The summed E-state index contributed by atoms with van der Waals surface area (Å²) in [6.45, 7) is 4.47. The first-order valence-corrected chi connectivity index (χ1v) is 4.93. The van der Waals surface area contributed by atoms with Crippen molar-refractivity contribution in [3.63, 3.8) is 0 Å². The molecule has 1 rings (SSSR count). The Morgan fingerprint density at radius 2 is 2.29 bits per heavy atom. The fourth-order valence-electron chi connectivity index (χ4n) is 1.12. The van der Waals surface area contributed by atoms with Gasteiger partial charge in [0, 0.05) is 6.92 Å². The highest BCUT2D eigenvalue weighted by molar-refractivity contribution is 5.10. The number of hydrogen-bond acceptors (Lipinski definition) is 3. The molecule has 0 aliphatic heterocycles. The first kappa shape index (κ1) is 10.8. The highest BCUT2D eigenvalue weighted by atomic mass is 16.5. The van der Waals surface area contributed by atoms with Crippen molar-refractivity contribution >= 4 is 0 Å². The predicted molar refractivity (Wildman–Crippen MR) is 53.0 cm³/mol. The van der Waals surface area contributed by atoms with Crippen LogP contribution in [0.5, 0.6) is 5.88 Å². The fourth-order valence-corrected chi connectivity index (χ4v) is 1.12. The van der Waals surface area contributed by atoms with Gasteiger partial charge in [0.05, 0.1) is 12.8 Å². The van der Waals surface area contributed by atoms with Crippen LogP contribution in [0.3, 0.4) is 0 Å². The molecule has 0 fully saturated rings. The van der Waals surface area contributed by atoms with Crippen LogP contribution >= 0.6 is 0 Å². The lowest BCUT2D eigenvalue weighted by atomic mass is 10.3. The van der Waals surface area contributed by atoms with E-state index < -0.39 is 0 Å². The largest absolute Gasteiger partial charge is 0.618 e. The zero-order chi connectivity index (χ0) is 10.4. The SMILES string of the molecule is CCCCCOc1ncc[n+]([O-])c1C. The van der Waals surface area contributed by atoms with E-state index in [1.165, 1.54) is 12.4 Å². The van der Waals surface area contributed by atoms with Gasteiger partial charge in [0.25, 0.3) is 11.6 Å². The van der Waals surface area contributed by atoms with Crippen LogP contribution in [0.4, 0.5) is 0 Å². The van der Waals surface area contributed by atoms with Crippen molar-refractivity contribution in [3.05, 3.63) is 23.3 Å². The summed E-state index contributed by atoms with van der Waals surface area (Å²) in [5.41, 5.74) is 0.518. The summed E-state index contributed by atoms with van der Waals surface area (Å²) in [6, 6.07) is 0. The number of rotatable bonds is 5. The summed E-state index contributed by atoms with van der Waals surface area (Å²) in [4.78, 5) is 3.99. The van der Waals surface area contributed by atoms with Gasteiger partial charge >= 0.3 is 0 Å². The Kier molecular flexibility index (Phi) is 4.16. The summed E-state index contributed by atoms with van der Waals surface area (Å²) in [5, 5.41) is 11.1. The van der Waals surface area contributed by atoms with Gasteiger partial charge in [-0.2, -0.15) is 4.73 Å². The molecule has 0 spiro atoms. The van der Waals surface area contributed by atoms with Gasteiger partial charge in [0.2, 0.25) is 0 Å². The second kappa shape index (κ2) is 5.42. The Bertz CT molecular complexity index is 289. The molecule has 0 unspecified atom stereocenters. The Balaban J connectivity index is 2.46. The maximum Gasteiger partial charge on any atom is 0.284 e. The summed E-state index contributed by atoms with van der Waals surface area (Å²) < 4.78 is 6.15. The first-order valence-electron chi connectivity index (χ1n) is 4.93. The van der Waals surface area contributed by atoms with Crippen molar-refractivity contribution < 1.29 is 9.47 Å². The summed E-state index contributed by atoms with van der Waals surface area (Å²) >= 11 is 0. The first-order chi connectivity index (χ1) is 6.75. The normalized spacial score (nSPS) is 10.1. The van der Waals surface area contributed by atoms with Crippen LogP contribution in [0.1, 0.15) is 31.9 Å². The van der Waals surface area contributed by atoms with E-state index >= 15 is 0 Å². The van der Waals surface area contributed by atoms with Crippen molar-refractivity contribution in [3.8, 4) is 5.88 Å². The van der Waals surface area contributed by atoms with Crippen molar-refractivity contribution in [1.82, 2.24) is 4.98 Å². The third-order valence-corrected chi connectivity index (χ3v) is 2.02. The lowest BCUT2D eigenvalue weighted by Crippen LogP contribution is -2.30. The van der Waals surface area contributed by atoms with E-state index in [0.29, 0.717) is 18.2 Å². The molecule has 0 saturated carbocycles. The molecule has 0 bridgehead atoms.